The fraction of sp³-hybridized carbons (Fsp3) is 0.143. The van der Waals surface area contributed by atoms with E-state index in [1.54, 1.807) is 19.2 Å². The van der Waals surface area contributed by atoms with Crippen LogP contribution in [-0.2, 0) is 6.42 Å². The minimum atomic E-state index is -0.239. The Bertz CT molecular complexity index is 706. The number of nitrogens with zero attached hydrogens (tertiary/aromatic N) is 3. The molecule has 3 aromatic rings. The summed E-state index contributed by atoms with van der Waals surface area (Å²) in [6.07, 6.45) is 2.48. The molecule has 0 amide bonds. The molecule has 0 fully saturated rings. The van der Waals surface area contributed by atoms with E-state index in [0.29, 0.717) is 17.8 Å². The fourth-order valence-corrected chi connectivity index (χ4v) is 2.00. The summed E-state index contributed by atoms with van der Waals surface area (Å²) in [6, 6.07) is 10.1. The lowest BCUT2D eigenvalue weighted by atomic mass is 10.1. The van der Waals surface area contributed by atoms with E-state index in [4.69, 9.17) is 4.74 Å². The van der Waals surface area contributed by atoms with E-state index in [1.807, 2.05) is 22.7 Å². The topological polar surface area (TPSA) is 39.4 Å². The molecule has 3 rings (SSSR count). The zero-order chi connectivity index (χ0) is 13.2. The van der Waals surface area contributed by atoms with Crippen LogP contribution >= 0.6 is 0 Å². The minimum absolute atomic E-state index is 0.239. The highest BCUT2D eigenvalue weighted by Gasteiger charge is 2.09. The number of fused-ring (bicyclic) bond motifs is 1. The molecule has 0 aliphatic rings. The Morgan fingerprint density at radius 1 is 1.16 bits per heavy atom. The van der Waals surface area contributed by atoms with Gasteiger partial charge in [0.25, 0.3) is 0 Å². The molecule has 5 heteroatoms. The second kappa shape index (κ2) is 4.68. The number of benzene rings is 1. The first-order valence-electron chi connectivity index (χ1n) is 5.89. The van der Waals surface area contributed by atoms with E-state index >= 15 is 0 Å². The van der Waals surface area contributed by atoms with E-state index in [1.165, 1.54) is 12.1 Å². The molecule has 96 valence electrons. The predicted octanol–water partition coefficient (Wildman–Crippen LogP) is 2.47. The van der Waals surface area contributed by atoms with Crippen molar-refractivity contribution in [1.29, 1.82) is 0 Å². The number of pyridine rings is 1. The van der Waals surface area contributed by atoms with Crippen molar-refractivity contribution < 1.29 is 9.13 Å². The lowest BCUT2D eigenvalue weighted by Crippen LogP contribution is -1.97. The molecule has 0 bridgehead atoms. The molecule has 2 heterocycles. The van der Waals surface area contributed by atoms with Gasteiger partial charge >= 0.3 is 0 Å². The van der Waals surface area contributed by atoms with Crippen LogP contribution in [0.4, 0.5) is 4.39 Å². The number of hydrogen-bond acceptors (Lipinski definition) is 3. The molecule has 0 aliphatic heterocycles. The highest BCUT2D eigenvalue weighted by atomic mass is 19.1. The predicted molar refractivity (Wildman–Crippen MR) is 68.7 cm³/mol. The van der Waals surface area contributed by atoms with Crippen LogP contribution in [0.1, 0.15) is 11.4 Å². The smallest absolute Gasteiger partial charge is 0.203 e. The molecule has 0 spiro atoms. The Hall–Kier alpha value is -2.43. The maximum Gasteiger partial charge on any atom is 0.203 e. The van der Waals surface area contributed by atoms with Crippen LogP contribution in [0.3, 0.4) is 0 Å². The zero-order valence-electron chi connectivity index (χ0n) is 10.4. The number of methoxy groups -OCH3 is 1. The van der Waals surface area contributed by atoms with Gasteiger partial charge in [-0.25, -0.2) is 4.39 Å². The van der Waals surface area contributed by atoms with Gasteiger partial charge in [-0.05, 0) is 29.8 Å². The lowest BCUT2D eigenvalue weighted by Gasteiger charge is -2.03. The molecule has 0 saturated heterocycles. The van der Waals surface area contributed by atoms with Gasteiger partial charge in [-0.3, -0.25) is 4.40 Å². The third kappa shape index (κ3) is 2.14. The van der Waals surface area contributed by atoms with Crippen molar-refractivity contribution in [2.75, 3.05) is 7.11 Å². The summed E-state index contributed by atoms with van der Waals surface area (Å²) in [5.41, 5.74) is 1.67. The number of rotatable bonds is 3. The number of halogens is 1. The van der Waals surface area contributed by atoms with E-state index in [2.05, 4.69) is 10.2 Å². The summed E-state index contributed by atoms with van der Waals surface area (Å²) in [5.74, 6) is 1.23. The van der Waals surface area contributed by atoms with Crippen LogP contribution in [0.2, 0.25) is 0 Å². The van der Waals surface area contributed by atoms with Crippen LogP contribution < -0.4 is 4.74 Å². The van der Waals surface area contributed by atoms with Gasteiger partial charge in [0.15, 0.2) is 5.75 Å². The first kappa shape index (κ1) is 11.6. The molecule has 0 aliphatic carbocycles. The van der Waals surface area contributed by atoms with Crippen LogP contribution in [0.15, 0.2) is 42.6 Å². The van der Waals surface area contributed by atoms with E-state index in [-0.39, 0.29) is 5.82 Å². The summed E-state index contributed by atoms with van der Waals surface area (Å²) in [6.45, 7) is 0. The van der Waals surface area contributed by atoms with E-state index < -0.39 is 0 Å². The molecule has 1 aromatic carbocycles. The number of aromatic nitrogens is 3. The van der Waals surface area contributed by atoms with E-state index in [0.717, 1.165) is 11.4 Å². The molecule has 0 saturated carbocycles. The maximum absolute atomic E-state index is 12.9. The Kier molecular flexibility index (Phi) is 2.87. The third-order valence-electron chi connectivity index (χ3n) is 2.96. The van der Waals surface area contributed by atoms with Gasteiger partial charge in [0.05, 0.1) is 7.11 Å². The van der Waals surface area contributed by atoms with Crippen LogP contribution in [0.25, 0.3) is 5.65 Å². The first-order chi connectivity index (χ1) is 9.28. The second-order valence-corrected chi connectivity index (χ2v) is 4.19. The van der Waals surface area contributed by atoms with Gasteiger partial charge in [-0.1, -0.05) is 12.1 Å². The summed E-state index contributed by atoms with van der Waals surface area (Å²) in [7, 11) is 1.60. The first-order valence-corrected chi connectivity index (χ1v) is 5.89. The zero-order valence-corrected chi connectivity index (χ0v) is 10.4. The highest BCUT2D eigenvalue weighted by Crippen LogP contribution is 2.18. The van der Waals surface area contributed by atoms with Gasteiger partial charge in [0.2, 0.25) is 5.65 Å². The Balaban J connectivity index is 1.99. The van der Waals surface area contributed by atoms with Crippen LogP contribution in [-0.4, -0.2) is 21.7 Å². The molecule has 2 aromatic heterocycles. The van der Waals surface area contributed by atoms with Gasteiger partial charge in [-0.2, -0.15) is 0 Å². The van der Waals surface area contributed by atoms with Crippen molar-refractivity contribution in [3.63, 3.8) is 0 Å². The average molecular weight is 257 g/mol. The molecule has 4 nitrogen and oxygen atoms in total. The van der Waals surface area contributed by atoms with E-state index in [9.17, 15) is 4.39 Å². The SMILES string of the molecule is COc1cccn2c(Cc3ccc(F)cc3)nnc12. The Morgan fingerprint density at radius 3 is 2.68 bits per heavy atom. The maximum atomic E-state index is 12.9. The Morgan fingerprint density at radius 2 is 1.95 bits per heavy atom. The molecule has 0 radical (unpaired) electrons. The summed E-state index contributed by atoms with van der Waals surface area (Å²) in [5, 5.41) is 8.28. The molecular formula is C14H12FN3O. The number of ether oxygens (including phenoxy) is 1. The van der Waals surface area contributed by atoms with Crippen molar-refractivity contribution in [2.45, 2.75) is 6.42 Å². The molecule has 0 N–H and O–H groups in total. The molecular weight excluding hydrogens is 245 g/mol. The van der Waals surface area contributed by atoms with Gasteiger partial charge in [0, 0.05) is 12.6 Å². The third-order valence-corrected chi connectivity index (χ3v) is 2.96. The van der Waals surface area contributed by atoms with Crippen LogP contribution in [0, 0.1) is 5.82 Å². The largest absolute Gasteiger partial charge is 0.493 e. The van der Waals surface area contributed by atoms with Gasteiger partial charge in [0.1, 0.15) is 11.6 Å². The van der Waals surface area contributed by atoms with Crippen molar-refractivity contribution in [3.8, 4) is 5.75 Å². The highest BCUT2D eigenvalue weighted by molar-refractivity contribution is 5.53. The van der Waals surface area contributed by atoms with Gasteiger partial charge < -0.3 is 4.74 Å². The Labute approximate surface area is 109 Å². The standard InChI is InChI=1S/C14H12FN3O/c1-19-12-3-2-8-18-13(16-17-14(12)18)9-10-4-6-11(15)7-5-10/h2-8H,9H2,1H3. The van der Waals surface area contributed by atoms with Crippen LogP contribution in [0.5, 0.6) is 5.75 Å². The average Bonchev–Trinajstić information content (AvgIpc) is 2.84. The van der Waals surface area contributed by atoms with Crippen molar-refractivity contribution in [3.05, 3.63) is 59.8 Å². The monoisotopic (exact) mass is 257 g/mol. The molecule has 19 heavy (non-hydrogen) atoms. The number of hydrogen-bond donors (Lipinski definition) is 0. The second-order valence-electron chi connectivity index (χ2n) is 4.19. The summed E-state index contributed by atoms with van der Waals surface area (Å²) >= 11 is 0. The summed E-state index contributed by atoms with van der Waals surface area (Å²) < 4.78 is 20.0. The lowest BCUT2D eigenvalue weighted by molar-refractivity contribution is 0.416. The normalized spacial score (nSPS) is 10.8. The van der Waals surface area contributed by atoms with Crippen molar-refractivity contribution in [1.82, 2.24) is 14.6 Å². The molecule has 0 unspecified atom stereocenters. The fourth-order valence-electron chi connectivity index (χ4n) is 2.00. The minimum Gasteiger partial charge on any atom is -0.493 e. The van der Waals surface area contributed by atoms with Crippen molar-refractivity contribution in [2.24, 2.45) is 0 Å². The summed E-state index contributed by atoms with van der Waals surface area (Å²) in [4.78, 5) is 0. The molecule has 0 atom stereocenters. The van der Waals surface area contributed by atoms with Gasteiger partial charge in [-0.15, -0.1) is 10.2 Å². The van der Waals surface area contributed by atoms with Crippen molar-refractivity contribution >= 4 is 5.65 Å². The quantitative estimate of drug-likeness (QED) is 0.723.